The lowest BCUT2D eigenvalue weighted by atomic mass is 10.1. The van der Waals surface area contributed by atoms with Gasteiger partial charge in [-0.05, 0) is 23.8 Å². The first-order valence-corrected chi connectivity index (χ1v) is 4.35. The van der Waals surface area contributed by atoms with Crippen LogP contribution in [-0.2, 0) is 0 Å². The van der Waals surface area contributed by atoms with Gasteiger partial charge < -0.3 is 11.5 Å². The fourth-order valence-corrected chi connectivity index (χ4v) is 0.981. The highest BCUT2D eigenvalue weighted by atomic mass is 14.6. The van der Waals surface area contributed by atoms with Crippen molar-refractivity contribution in [1.82, 2.24) is 0 Å². The van der Waals surface area contributed by atoms with Gasteiger partial charge in [0.05, 0.1) is 0 Å². The lowest BCUT2D eigenvalue weighted by Crippen LogP contribution is -1.96. The van der Waals surface area contributed by atoms with E-state index in [1.807, 2.05) is 30.3 Å². The lowest BCUT2D eigenvalue weighted by molar-refractivity contribution is 1.42. The van der Waals surface area contributed by atoms with Gasteiger partial charge in [-0.2, -0.15) is 0 Å². The summed E-state index contributed by atoms with van der Waals surface area (Å²) < 4.78 is 0. The van der Waals surface area contributed by atoms with Crippen LogP contribution in [0.1, 0.15) is 6.99 Å². The molecule has 0 saturated heterocycles. The molecule has 0 heterocycles. The quantitative estimate of drug-likeness (QED) is 0.715. The molecule has 0 saturated carbocycles. The van der Waals surface area contributed by atoms with Crippen LogP contribution in [0.3, 0.4) is 0 Å². The van der Waals surface area contributed by atoms with Gasteiger partial charge in [-0.15, -0.1) is 0 Å². The Morgan fingerprint density at radius 1 is 1.14 bits per heavy atom. The molecule has 0 amide bonds. The van der Waals surface area contributed by atoms with Crippen LogP contribution in [0.15, 0.2) is 60.8 Å². The molecule has 0 aliphatic heterocycles. The SMILES string of the molecule is C=C/C(N)=C/C=C(\N)c1ccccc1.[HH]. The van der Waals surface area contributed by atoms with Gasteiger partial charge in [0.25, 0.3) is 0 Å². The molecule has 1 aromatic carbocycles. The van der Waals surface area contributed by atoms with Crippen molar-refractivity contribution < 1.29 is 1.43 Å². The van der Waals surface area contributed by atoms with Gasteiger partial charge in [0.1, 0.15) is 0 Å². The van der Waals surface area contributed by atoms with Crippen molar-refractivity contribution in [3.05, 3.63) is 66.4 Å². The van der Waals surface area contributed by atoms with Crippen molar-refractivity contribution in [3.63, 3.8) is 0 Å². The van der Waals surface area contributed by atoms with Gasteiger partial charge >= 0.3 is 0 Å². The van der Waals surface area contributed by atoms with E-state index in [0.717, 1.165) is 5.56 Å². The Labute approximate surface area is 85.7 Å². The number of nitrogens with two attached hydrogens (primary N) is 2. The maximum atomic E-state index is 5.82. The minimum atomic E-state index is 0. The predicted molar refractivity (Wildman–Crippen MR) is 63.2 cm³/mol. The smallest absolute Gasteiger partial charge is 0.0388 e. The van der Waals surface area contributed by atoms with Gasteiger partial charge in [-0.1, -0.05) is 36.9 Å². The predicted octanol–water partition coefficient (Wildman–Crippen LogP) is 2.26. The first-order valence-electron chi connectivity index (χ1n) is 4.35. The number of hydrogen-bond acceptors (Lipinski definition) is 2. The second-order valence-electron chi connectivity index (χ2n) is 2.86. The molecule has 0 aliphatic rings. The molecule has 0 aliphatic carbocycles. The third-order valence-electron chi connectivity index (χ3n) is 1.80. The van der Waals surface area contributed by atoms with Crippen LogP contribution in [0.4, 0.5) is 0 Å². The number of rotatable bonds is 3. The van der Waals surface area contributed by atoms with E-state index in [4.69, 9.17) is 11.5 Å². The Kier molecular flexibility index (Phi) is 3.56. The molecule has 0 spiro atoms. The number of benzene rings is 1. The molecule has 0 unspecified atom stereocenters. The number of hydrogen-bond donors (Lipinski definition) is 2. The molecule has 2 heteroatoms. The fourth-order valence-electron chi connectivity index (χ4n) is 0.981. The fraction of sp³-hybridized carbons (Fsp3) is 0. The average Bonchev–Trinajstić information content (AvgIpc) is 2.26. The summed E-state index contributed by atoms with van der Waals surface area (Å²) in [6.45, 7) is 3.55. The van der Waals surface area contributed by atoms with E-state index < -0.39 is 0 Å². The van der Waals surface area contributed by atoms with E-state index >= 15 is 0 Å². The standard InChI is InChI=1S/C12H14N2.H2/c1-2-11(13)8-9-12(14)10-6-4-3-5-7-10;/h2-9H,1,13-14H2;1H/b11-8-,12-9-;. The summed E-state index contributed by atoms with van der Waals surface area (Å²) >= 11 is 0. The van der Waals surface area contributed by atoms with Crippen molar-refractivity contribution in [2.45, 2.75) is 0 Å². The topological polar surface area (TPSA) is 52.0 Å². The van der Waals surface area contributed by atoms with Gasteiger partial charge in [-0.25, -0.2) is 0 Å². The van der Waals surface area contributed by atoms with E-state index in [2.05, 4.69) is 6.58 Å². The zero-order valence-electron chi connectivity index (χ0n) is 7.98. The highest BCUT2D eigenvalue weighted by Crippen LogP contribution is 2.07. The maximum Gasteiger partial charge on any atom is 0.0388 e. The van der Waals surface area contributed by atoms with E-state index in [-0.39, 0.29) is 1.43 Å². The molecule has 74 valence electrons. The van der Waals surface area contributed by atoms with Crippen LogP contribution >= 0.6 is 0 Å². The van der Waals surface area contributed by atoms with Crippen LogP contribution < -0.4 is 11.5 Å². The Hall–Kier alpha value is -1.96. The van der Waals surface area contributed by atoms with Gasteiger partial charge in [-0.3, -0.25) is 0 Å². The second-order valence-corrected chi connectivity index (χ2v) is 2.86. The summed E-state index contributed by atoms with van der Waals surface area (Å²) in [5, 5.41) is 0. The highest BCUT2D eigenvalue weighted by molar-refractivity contribution is 5.64. The Bertz CT molecular complexity index is 366. The molecule has 0 aromatic heterocycles. The molecule has 0 bridgehead atoms. The number of allylic oxidation sites excluding steroid dienone is 3. The first-order chi connectivity index (χ1) is 6.74. The van der Waals surface area contributed by atoms with Crippen LogP contribution in [0.5, 0.6) is 0 Å². The van der Waals surface area contributed by atoms with Crippen LogP contribution in [0, 0.1) is 0 Å². The summed E-state index contributed by atoms with van der Waals surface area (Å²) in [6.07, 6.45) is 5.08. The molecule has 0 fully saturated rings. The van der Waals surface area contributed by atoms with Crippen molar-refractivity contribution in [3.8, 4) is 0 Å². The Morgan fingerprint density at radius 2 is 1.79 bits per heavy atom. The summed E-state index contributed by atoms with van der Waals surface area (Å²) in [7, 11) is 0. The van der Waals surface area contributed by atoms with Crippen molar-refractivity contribution >= 4 is 5.70 Å². The van der Waals surface area contributed by atoms with Crippen LogP contribution in [-0.4, -0.2) is 0 Å². The highest BCUT2D eigenvalue weighted by Gasteiger charge is 1.91. The van der Waals surface area contributed by atoms with Gasteiger partial charge in [0.2, 0.25) is 0 Å². The summed E-state index contributed by atoms with van der Waals surface area (Å²) in [4.78, 5) is 0. The van der Waals surface area contributed by atoms with Crippen LogP contribution in [0.2, 0.25) is 0 Å². The zero-order chi connectivity index (χ0) is 10.4. The minimum Gasteiger partial charge on any atom is -0.399 e. The summed E-state index contributed by atoms with van der Waals surface area (Å²) in [5.41, 5.74) is 13.6. The molecule has 1 rings (SSSR count). The van der Waals surface area contributed by atoms with Crippen LogP contribution in [0.25, 0.3) is 5.70 Å². The second kappa shape index (κ2) is 4.92. The minimum absolute atomic E-state index is 0. The third kappa shape index (κ3) is 2.83. The summed E-state index contributed by atoms with van der Waals surface area (Å²) in [5.74, 6) is 0. The maximum absolute atomic E-state index is 5.82. The van der Waals surface area contributed by atoms with Crippen molar-refractivity contribution in [2.24, 2.45) is 11.5 Å². The molecule has 0 radical (unpaired) electrons. The monoisotopic (exact) mass is 188 g/mol. The van der Waals surface area contributed by atoms with E-state index in [1.165, 1.54) is 0 Å². The van der Waals surface area contributed by atoms with E-state index in [9.17, 15) is 0 Å². The Morgan fingerprint density at radius 3 is 2.36 bits per heavy atom. The van der Waals surface area contributed by atoms with E-state index in [1.54, 1.807) is 18.2 Å². The van der Waals surface area contributed by atoms with Gasteiger partial charge in [0.15, 0.2) is 0 Å². The molecule has 0 atom stereocenters. The van der Waals surface area contributed by atoms with Crippen molar-refractivity contribution in [2.75, 3.05) is 0 Å². The summed E-state index contributed by atoms with van der Waals surface area (Å²) in [6, 6.07) is 9.73. The Balaban J connectivity index is 0.00000196. The van der Waals surface area contributed by atoms with Gasteiger partial charge in [0, 0.05) is 12.8 Å². The molecule has 14 heavy (non-hydrogen) atoms. The lowest BCUT2D eigenvalue weighted by Gasteiger charge is -1.98. The first kappa shape index (κ1) is 10.1. The molecule has 4 N–H and O–H groups in total. The normalized spacial score (nSPS) is 12.6. The average molecular weight is 188 g/mol. The van der Waals surface area contributed by atoms with Crippen molar-refractivity contribution in [1.29, 1.82) is 0 Å². The third-order valence-corrected chi connectivity index (χ3v) is 1.80. The van der Waals surface area contributed by atoms with E-state index in [0.29, 0.717) is 11.4 Å². The molecule has 1 aromatic rings. The zero-order valence-corrected chi connectivity index (χ0v) is 7.98. The molecular formula is C12H16N2. The molecule has 2 nitrogen and oxygen atoms in total. The largest absolute Gasteiger partial charge is 0.399 e. The molecular weight excluding hydrogens is 172 g/mol.